The molecule has 0 amide bonds. The van der Waals surface area contributed by atoms with Crippen LogP contribution in [0.4, 0.5) is 13.2 Å². The lowest BCUT2D eigenvalue weighted by atomic mass is 10.1. The van der Waals surface area contributed by atoms with E-state index in [1.807, 2.05) is 13.0 Å². The molecule has 0 spiro atoms. The highest BCUT2D eigenvalue weighted by molar-refractivity contribution is 7.21. The predicted octanol–water partition coefficient (Wildman–Crippen LogP) is 4.96. The number of hydrogen-bond acceptors (Lipinski definition) is 5. The van der Waals surface area contributed by atoms with Gasteiger partial charge in [-0.15, -0.1) is 11.3 Å². The van der Waals surface area contributed by atoms with Gasteiger partial charge in [-0.05, 0) is 36.8 Å². The Morgan fingerprint density at radius 1 is 1.08 bits per heavy atom. The van der Waals surface area contributed by atoms with E-state index in [9.17, 15) is 13.2 Å². The van der Waals surface area contributed by atoms with Crippen molar-refractivity contribution in [3.63, 3.8) is 0 Å². The second kappa shape index (κ2) is 5.96. The summed E-state index contributed by atoms with van der Waals surface area (Å²) in [6.45, 7) is -1.10. The molecule has 0 saturated carbocycles. The van der Waals surface area contributed by atoms with E-state index in [1.165, 1.54) is 23.5 Å². The summed E-state index contributed by atoms with van der Waals surface area (Å²) in [5.74, 6) is -0.600. The first-order chi connectivity index (χ1) is 12.0. The van der Waals surface area contributed by atoms with Crippen LogP contribution in [0.1, 0.15) is 5.56 Å². The summed E-state index contributed by atoms with van der Waals surface area (Å²) in [5, 5.41) is 0.658. The van der Waals surface area contributed by atoms with Crippen molar-refractivity contribution in [3.8, 4) is 16.5 Å². The van der Waals surface area contributed by atoms with Gasteiger partial charge in [0.1, 0.15) is 10.8 Å². The maximum atomic E-state index is 13.4. The third-order valence-electron chi connectivity index (χ3n) is 3.56. The number of aryl methyl sites for hydroxylation is 1. The molecule has 2 aromatic carbocycles. The first kappa shape index (κ1) is 15.8. The number of benzene rings is 2. The van der Waals surface area contributed by atoms with E-state index in [0.29, 0.717) is 27.1 Å². The fourth-order valence-corrected chi connectivity index (χ4v) is 3.54. The minimum atomic E-state index is -2.96. The van der Waals surface area contributed by atoms with Crippen molar-refractivity contribution in [1.82, 2.24) is 15.0 Å². The summed E-state index contributed by atoms with van der Waals surface area (Å²) in [6, 6.07) is 8.04. The van der Waals surface area contributed by atoms with Crippen molar-refractivity contribution in [2.45, 2.75) is 13.5 Å². The van der Waals surface area contributed by atoms with Gasteiger partial charge in [-0.25, -0.2) is 19.3 Å². The van der Waals surface area contributed by atoms with Crippen molar-refractivity contribution < 1.29 is 17.9 Å². The van der Waals surface area contributed by atoms with E-state index >= 15 is 0 Å². The predicted molar refractivity (Wildman–Crippen MR) is 89.5 cm³/mol. The molecular formula is C17H10F3N3OS. The van der Waals surface area contributed by atoms with Crippen molar-refractivity contribution >= 4 is 32.6 Å². The van der Waals surface area contributed by atoms with Gasteiger partial charge in [0.25, 0.3) is 0 Å². The van der Waals surface area contributed by atoms with E-state index in [4.69, 9.17) is 0 Å². The van der Waals surface area contributed by atoms with Crippen LogP contribution in [0.2, 0.25) is 0 Å². The molecule has 126 valence electrons. The average Bonchev–Trinajstić information content (AvgIpc) is 2.96. The molecule has 0 radical (unpaired) electrons. The van der Waals surface area contributed by atoms with Crippen LogP contribution in [-0.4, -0.2) is 21.6 Å². The maximum Gasteiger partial charge on any atom is 0.388 e. The van der Waals surface area contributed by atoms with Crippen LogP contribution in [0.15, 0.2) is 36.5 Å². The smallest absolute Gasteiger partial charge is 0.388 e. The molecule has 0 N–H and O–H groups in total. The average molecular weight is 361 g/mol. The first-order valence-electron chi connectivity index (χ1n) is 7.28. The van der Waals surface area contributed by atoms with E-state index in [0.717, 1.165) is 16.5 Å². The summed E-state index contributed by atoms with van der Waals surface area (Å²) in [4.78, 5) is 12.8. The van der Waals surface area contributed by atoms with Gasteiger partial charge in [0.05, 0.1) is 27.4 Å². The SMILES string of the molecule is Cc1cc(-c2nc3cc(F)ccc3s2)c2ncc(OC(F)F)nc2c1. The lowest BCUT2D eigenvalue weighted by molar-refractivity contribution is -0.0528. The van der Waals surface area contributed by atoms with Gasteiger partial charge in [-0.3, -0.25) is 0 Å². The van der Waals surface area contributed by atoms with Gasteiger partial charge in [-0.1, -0.05) is 0 Å². The quantitative estimate of drug-likeness (QED) is 0.518. The lowest BCUT2D eigenvalue weighted by Crippen LogP contribution is -2.04. The van der Waals surface area contributed by atoms with E-state index in [2.05, 4.69) is 19.7 Å². The number of hydrogen-bond donors (Lipinski definition) is 0. The Bertz CT molecular complexity index is 1100. The molecule has 0 bridgehead atoms. The van der Waals surface area contributed by atoms with Gasteiger partial charge in [0.2, 0.25) is 5.88 Å². The second-order valence-corrected chi connectivity index (χ2v) is 6.43. The summed E-state index contributed by atoms with van der Waals surface area (Å²) >= 11 is 1.40. The number of ether oxygens (including phenoxy) is 1. The number of nitrogens with zero attached hydrogens (tertiary/aromatic N) is 3. The van der Waals surface area contributed by atoms with Crippen LogP contribution >= 0.6 is 11.3 Å². The third-order valence-corrected chi connectivity index (χ3v) is 4.63. The van der Waals surface area contributed by atoms with Gasteiger partial charge >= 0.3 is 6.61 Å². The standard InChI is InChI=1S/C17H10F3N3OS/c1-8-4-10(16-23-11-6-9(18)2-3-13(11)25-16)15-12(5-8)22-14(7-21-15)24-17(19)20/h2-7,17H,1H3. The Morgan fingerprint density at radius 3 is 2.72 bits per heavy atom. The highest BCUT2D eigenvalue weighted by Gasteiger charge is 2.14. The molecule has 2 aromatic heterocycles. The van der Waals surface area contributed by atoms with Gasteiger partial charge in [-0.2, -0.15) is 8.78 Å². The minimum Gasteiger partial charge on any atom is -0.415 e. The minimum absolute atomic E-state index is 0.245. The highest BCUT2D eigenvalue weighted by atomic mass is 32.1. The van der Waals surface area contributed by atoms with Crippen LogP contribution in [-0.2, 0) is 0 Å². The first-order valence-corrected chi connectivity index (χ1v) is 8.10. The maximum absolute atomic E-state index is 13.4. The molecule has 8 heteroatoms. The van der Waals surface area contributed by atoms with Crippen molar-refractivity contribution in [3.05, 3.63) is 47.9 Å². The number of alkyl halides is 2. The molecule has 0 unspecified atom stereocenters. The normalized spacial score (nSPS) is 11.6. The molecule has 0 aliphatic rings. The summed E-state index contributed by atoms with van der Waals surface area (Å²) < 4.78 is 43.3. The number of rotatable bonds is 3. The second-order valence-electron chi connectivity index (χ2n) is 5.40. The Balaban J connectivity index is 1.90. The Hall–Kier alpha value is -2.74. The van der Waals surface area contributed by atoms with Gasteiger partial charge < -0.3 is 4.74 Å². The molecule has 0 aliphatic heterocycles. The van der Waals surface area contributed by atoms with Crippen molar-refractivity contribution in [2.24, 2.45) is 0 Å². The third kappa shape index (κ3) is 3.00. The lowest BCUT2D eigenvalue weighted by Gasteiger charge is -2.07. The van der Waals surface area contributed by atoms with Crippen LogP contribution in [0.3, 0.4) is 0 Å². The fourth-order valence-electron chi connectivity index (χ4n) is 2.57. The molecule has 2 heterocycles. The molecule has 25 heavy (non-hydrogen) atoms. The van der Waals surface area contributed by atoms with Gasteiger partial charge in [0.15, 0.2) is 0 Å². The molecule has 0 aliphatic carbocycles. The van der Waals surface area contributed by atoms with Crippen LogP contribution < -0.4 is 4.74 Å². The van der Waals surface area contributed by atoms with Crippen LogP contribution in [0.5, 0.6) is 5.88 Å². The molecule has 4 aromatic rings. The van der Waals surface area contributed by atoms with Crippen LogP contribution in [0, 0.1) is 12.7 Å². The van der Waals surface area contributed by atoms with Gasteiger partial charge in [0, 0.05) is 11.6 Å². The number of thiazole rings is 1. The Labute approximate surface area is 143 Å². The Morgan fingerprint density at radius 2 is 1.92 bits per heavy atom. The van der Waals surface area contributed by atoms with Crippen LogP contribution in [0.25, 0.3) is 31.8 Å². The largest absolute Gasteiger partial charge is 0.415 e. The van der Waals surface area contributed by atoms with Crippen molar-refractivity contribution in [2.75, 3.05) is 0 Å². The molecule has 0 fully saturated rings. The number of aromatic nitrogens is 3. The molecule has 4 nitrogen and oxygen atoms in total. The molecular weight excluding hydrogens is 351 g/mol. The molecule has 4 rings (SSSR count). The molecule has 0 saturated heterocycles. The number of fused-ring (bicyclic) bond motifs is 2. The fraction of sp³-hybridized carbons (Fsp3) is 0.118. The molecule has 0 atom stereocenters. The summed E-state index contributed by atoms with van der Waals surface area (Å²) in [5.41, 5.74) is 3.09. The summed E-state index contributed by atoms with van der Waals surface area (Å²) in [6.07, 6.45) is 1.15. The number of halogens is 3. The zero-order valence-corrected chi connectivity index (χ0v) is 13.6. The van der Waals surface area contributed by atoms with E-state index in [-0.39, 0.29) is 11.7 Å². The monoisotopic (exact) mass is 361 g/mol. The topological polar surface area (TPSA) is 47.9 Å². The van der Waals surface area contributed by atoms with Crippen molar-refractivity contribution in [1.29, 1.82) is 0 Å². The summed E-state index contributed by atoms with van der Waals surface area (Å²) in [7, 11) is 0. The zero-order chi connectivity index (χ0) is 17.6. The Kier molecular flexibility index (Phi) is 3.76. The van der Waals surface area contributed by atoms with E-state index < -0.39 is 6.61 Å². The van der Waals surface area contributed by atoms with E-state index in [1.54, 1.807) is 12.1 Å². The highest BCUT2D eigenvalue weighted by Crippen LogP contribution is 2.35. The zero-order valence-electron chi connectivity index (χ0n) is 12.8.